The normalized spacial score (nSPS) is 18.9. The van der Waals surface area contributed by atoms with Crippen LogP contribution in [0.5, 0.6) is 0 Å². The molecule has 0 radical (unpaired) electrons. The second kappa shape index (κ2) is 5.34. The van der Waals surface area contributed by atoms with Crippen LogP contribution in [0.3, 0.4) is 0 Å². The summed E-state index contributed by atoms with van der Waals surface area (Å²) in [6.07, 6.45) is 2.92. The van der Waals surface area contributed by atoms with Gasteiger partial charge in [0.15, 0.2) is 5.13 Å². The number of carbonyl (C=O) groups is 1. The molecule has 0 bridgehead atoms. The van der Waals surface area contributed by atoms with Crippen molar-refractivity contribution in [2.75, 3.05) is 18.5 Å². The van der Waals surface area contributed by atoms with Gasteiger partial charge in [0.1, 0.15) is 5.54 Å². The van der Waals surface area contributed by atoms with E-state index in [1.165, 1.54) is 11.3 Å². The Bertz CT molecular complexity index is 425. The summed E-state index contributed by atoms with van der Waals surface area (Å²) in [5.74, 6) is 0.263. The molecule has 1 aliphatic heterocycles. The van der Waals surface area contributed by atoms with Gasteiger partial charge >= 0.3 is 0 Å². The number of amides is 1. The number of carbonyl (C=O) groups excluding carboxylic acids is 1. The molecule has 0 aliphatic carbocycles. The lowest BCUT2D eigenvalue weighted by molar-refractivity contribution is -0.124. The third kappa shape index (κ3) is 2.88. The molecule has 0 spiro atoms. The summed E-state index contributed by atoms with van der Waals surface area (Å²) in [4.78, 5) is 17.5. The maximum atomic E-state index is 12.1. The summed E-state index contributed by atoms with van der Waals surface area (Å²) in [6, 6.07) is 0. The molecule has 1 aliphatic rings. The van der Waals surface area contributed by atoms with Gasteiger partial charge in [-0.05, 0) is 18.8 Å². The largest absolute Gasteiger partial charge is 0.381 e. The Labute approximate surface area is 111 Å². The standard InChI is InChI=1S/C12H19N3O2S/c1-8(2)9-7-14-11(18-9)15-10(16)12(13)3-5-17-6-4-12/h7-8H,3-6,13H2,1-2H3,(H,14,15,16). The van der Waals surface area contributed by atoms with Gasteiger partial charge in [-0.25, -0.2) is 4.98 Å². The third-order valence-electron chi connectivity index (χ3n) is 3.15. The van der Waals surface area contributed by atoms with Crippen LogP contribution in [0.4, 0.5) is 5.13 Å². The number of anilines is 1. The van der Waals surface area contributed by atoms with Crippen molar-refractivity contribution >= 4 is 22.4 Å². The zero-order chi connectivity index (χ0) is 13.2. The number of nitrogens with one attached hydrogen (secondary N) is 1. The first-order valence-electron chi connectivity index (χ1n) is 6.15. The minimum absolute atomic E-state index is 0.157. The van der Waals surface area contributed by atoms with Crippen LogP contribution >= 0.6 is 11.3 Å². The van der Waals surface area contributed by atoms with E-state index in [0.29, 0.717) is 37.1 Å². The molecule has 0 aromatic carbocycles. The average Bonchev–Trinajstić information content (AvgIpc) is 2.78. The number of ether oxygens (including phenoxy) is 1. The fraction of sp³-hybridized carbons (Fsp3) is 0.667. The number of aromatic nitrogens is 1. The molecule has 5 nitrogen and oxygen atoms in total. The average molecular weight is 269 g/mol. The second-order valence-corrected chi connectivity index (χ2v) is 6.01. The van der Waals surface area contributed by atoms with Crippen LogP contribution < -0.4 is 11.1 Å². The van der Waals surface area contributed by atoms with E-state index in [-0.39, 0.29) is 5.91 Å². The van der Waals surface area contributed by atoms with Gasteiger partial charge in [0, 0.05) is 24.3 Å². The van der Waals surface area contributed by atoms with Crippen LogP contribution in [-0.4, -0.2) is 29.6 Å². The summed E-state index contributed by atoms with van der Waals surface area (Å²) in [7, 11) is 0. The van der Waals surface area contributed by atoms with E-state index >= 15 is 0 Å². The van der Waals surface area contributed by atoms with E-state index in [0.717, 1.165) is 4.88 Å². The van der Waals surface area contributed by atoms with Crippen molar-refractivity contribution in [3.05, 3.63) is 11.1 Å². The molecule has 0 unspecified atom stereocenters. The van der Waals surface area contributed by atoms with E-state index in [4.69, 9.17) is 10.5 Å². The van der Waals surface area contributed by atoms with Crippen molar-refractivity contribution in [1.29, 1.82) is 0 Å². The molecule has 6 heteroatoms. The highest BCUT2D eigenvalue weighted by molar-refractivity contribution is 7.15. The van der Waals surface area contributed by atoms with Crippen LogP contribution in [0.1, 0.15) is 37.5 Å². The van der Waals surface area contributed by atoms with E-state index in [2.05, 4.69) is 24.1 Å². The molecule has 1 amide bonds. The lowest BCUT2D eigenvalue weighted by Gasteiger charge is -2.31. The second-order valence-electron chi connectivity index (χ2n) is 4.95. The summed E-state index contributed by atoms with van der Waals surface area (Å²) in [5, 5.41) is 3.44. The summed E-state index contributed by atoms with van der Waals surface area (Å²) >= 11 is 1.50. The molecular formula is C12H19N3O2S. The monoisotopic (exact) mass is 269 g/mol. The van der Waals surface area contributed by atoms with Crippen LogP contribution in [0.25, 0.3) is 0 Å². The highest BCUT2D eigenvalue weighted by Crippen LogP contribution is 2.26. The Balaban J connectivity index is 2.01. The van der Waals surface area contributed by atoms with Crippen LogP contribution in [0, 0.1) is 0 Å². The Hall–Kier alpha value is -0.980. The Kier molecular flexibility index (Phi) is 3.99. The first kappa shape index (κ1) is 13.5. The Morgan fingerprint density at radius 1 is 1.56 bits per heavy atom. The van der Waals surface area contributed by atoms with Crippen LogP contribution in [0.15, 0.2) is 6.20 Å². The predicted molar refractivity (Wildman–Crippen MR) is 71.8 cm³/mol. The fourth-order valence-corrected chi connectivity index (χ4v) is 2.61. The molecule has 100 valence electrons. The Morgan fingerprint density at radius 2 is 2.22 bits per heavy atom. The third-order valence-corrected chi connectivity index (χ3v) is 4.36. The number of nitrogens with two attached hydrogens (primary N) is 1. The number of nitrogens with zero attached hydrogens (tertiary/aromatic N) is 1. The van der Waals surface area contributed by atoms with Gasteiger partial charge in [-0.1, -0.05) is 13.8 Å². The lowest BCUT2D eigenvalue weighted by Crippen LogP contribution is -2.54. The molecule has 2 heterocycles. The van der Waals surface area contributed by atoms with Crippen LogP contribution in [0.2, 0.25) is 0 Å². The molecule has 1 aromatic heterocycles. The van der Waals surface area contributed by atoms with Crippen molar-refractivity contribution in [3.63, 3.8) is 0 Å². The summed E-state index contributed by atoms with van der Waals surface area (Å²) in [5.41, 5.74) is 5.28. The first-order valence-corrected chi connectivity index (χ1v) is 6.97. The lowest BCUT2D eigenvalue weighted by atomic mass is 9.90. The quantitative estimate of drug-likeness (QED) is 0.875. The minimum Gasteiger partial charge on any atom is -0.381 e. The zero-order valence-corrected chi connectivity index (χ0v) is 11.5. The number of hydrogen-bond donors (Lipinski definition) is 2. The first-order chi connectivity index (χ1) is 8.51. The summed E-state index contributed by atoms with van der Waals surface area (Å²) in [6.45, 7) is 5.28. The minimum atomic E-state index is -0.818. The van der Waals surface area contributed by atoms with E-state index < -0.39 is 5.54 Å². The van der Waals surface area contributed by atoms with Gasteiger partial charge in [-0.15, -0.1) is 11.3 Å². The van der Waals surface area contributed by atoms with Crippen molar-refractivity contribution < 1.29 is 9.53 Å². The number of hydrogen-bond acceptors (Lipinski definition) is 5. The SMILES string of the molecule is CC(C)c1cnc(NC(=O)C2(N)CCOCC2)s1. The fourth-order valence-electron chi connectivity index (χ4n) is 1.80. The maximum absolute atomic E-state index is 12.1. The number of thiazole rings is 1. The van der Waals surface area contributed by atoms with Crippen molar-refractivity contribution in [2.45, 2.75) is 38.1 Å². The Morgan fingerprint density at radius 3 is 2.78 bits per heavy atom. The molecule has 0 saturated carbocycles. The summed E-state index contributed by atoms with van der Waals surface area (Å²) < 4.78 is 5.23. The van der Waals surface area contributed by atoms with Gasteiger partial charge in [0.25, 0.3) is 0 Å². The van der Waals surface area contributed by atoms with Crippen LogP contribution in [-0.2, 0) is 9.53 Å². The van der Waals surface area contributed by atoms with Crippen molar-refractivity contribution in [3.8, 4) is 0 Å². The van der Waals surface area contributed by atoms with E-state index in [1.807, 2.05) is 0 Å². The van der Waals surface area contributed by atoms with E-state index in [9.17, 15) is 4.79 Å². The molecule has 18 heavy (non-hydrogen) atoms. The molecule has 1 fully saturated rings. The maximum Gasteiger partial charge on any atom is 0.246 e. The highest BCUT2D eigenvalue weighted by atomic mass is 32.1. The van der Waals surface area contributed by atoms with Gasteiger partial charge in [0.05, 0.1) is 0 Å². The van der Waals surface area contributed by atoms with Crippen molar-refractivity contribution in [1.82, 2.24) is 4.98 Å². The van der Waals surface area contributed by atoms with Gasteiger partial charge in [-0.2, -0.15) is 0 Å². The molecule has 1 aromatic rings. The molecule has 0 atom stereocenters. The molecule has 3 N–H and O–H groups in total. The molecule has 1 saturated heterocycles. The molecule has 2 rings (SSSR count). The predicted octanol–water partition coefficient (Wildman–Crippen LogP) is 1.71. The number of rotatable bonds is 3. The van der Waals surface area contributed by atoms with Gasteiger partial charge in [-0.3, -0.25) is 4.79 Å². The molecular weight excluding hydrogens is 250 g/mol. The highest BCUT2D eigenvalue weighted by Gasteiger charge is 2.36. The van der Waals surface area contributed by atoms with Gasteiger partial charge < -0.3 is 15.8 Å². The topological polar surface area (TPSA) is 77.2 Å². The van der Waals surface area contributed by atoms with Crippen molar-refractivity contribution in [2.24, 2.45) is 5.73 Å². The van der Waals surface area contributed by atoms with Gasteiger partial charge in [0.2, 0.25) is 5.91 Å². The smallest absolute Gasteiger partial charge is 0.246 e. The van der Waals surface area contributed by atoms with E-state index in [1.54, 1.807) is 6.20 Å². The zero-order valence-electron chi connectivity index (χ0n) is 10.7.